The summed E-state index contributed by atoms with van der Waals surface area (Å²) in [4.78, 5) is 20.8. The van der Waals surface area contributed by atoms with Crippen molar-refractivity contribution in [2.75, 3.05) is 10.6 Å². The minimum Gasteiger partial charge on any atom is -0.324 e. The minimum absolute atomic E-state index is 0.252. The van der Waals surface area contributed by atoms with Crippen molar-refractivity contribution in [1.82, 2.24) is 9.97 Å². The normalized spacial score (nSPS) is 10.7. The van der Waals surface area contributed by atoms with Gasteiger partial charge in [-0.1, -0.05) is 43.6 Å². The Morgan fingerprint density at radius 2 is 1.70 bits per heavy atom. The highest BCUT2D eigenvalue weighted by atomic mass is 35.5. The number of rotatable bonds is 5. The van der Waals surface area contributed by atoms with E-state index in [1.807, 2.05) is 49.4 Å². The number of amides is 1. The third-order valence-corrected chi connectivity index (χ3v) is 4.67. The summed E-state index contributed by atoms with van der Waals surface area (Å²) >= 11 is 6.12. The molecule has 3 aromatic rings. The van der Waals surface area contributed by atoms with Crippen LogP contribution in [-0.2, 0) is 0 Å². The molecule has 0 aliphatic heterocycles. The standard InChI is InChI=1S/C21H21ClN4O/c1-13(2)15-7-9-17(10-8-15)25-20(27)16-11-23-21(24-12-16)26-19-6-4-5-18(22)14(19)3/h4-13H,1-3H3,(H,25,27)(H,23,24,26). The third kappa shape index (κ3) is 4.63. The zero-order valence-corrected chi connectivity index (χ0v) is 16.2. The molecule has 0 fully saturated rings. The number of carbonyl (C=O) groups is 1. The molecule has 0 bridgehead atoms. The molecule has 0 aliphatic rings. The fourth-order valence-electron chi connectivity index (χ4n) is 2.53. The van der Waals surface area contributed by atoms with E-state index in [1.165, 1.54) is 18.0 Å². The summed E-state index contributed by atoms with van der Waals surface area (Å²) in [5.74, 6) is 0.599. The minimum atomic E-state index is -0.252. The maximum Gasteiger partial charge on any atom is 0.258 e. The van der Waals surface area contributed by atoms with E-state index < -0.39 is 0 Å². The van der Waals surface area contributed by atoms with Crippen LogP contribution in [0.25, 0.3) is 0 Å². The van der Waals surface area contributed by atoms with Gasteiger partial charge in [0.05, 0.1) is 5.56 Å². The Hall–Kier alpha value is -2.92. The predicted octanol–water partition coefficient (Wildman–Crippen LogP) is 5.56. The maximum absolute atomic E-state index is 12.4. The van der Waals surface area contributed by atoms with Gasteiger partial charge in [-0.2, -0.15) is 0 Å². The summed E-state index contributed by atoms with van der Waals surface area (Å²) in [6.07, 6.45) is 2.99. The second kappa shape index (κ2) is 8.18. The van der Waals surface area contributed by atoms with Crippen molar-refractivity contribution in [2.45, 2.75) is 26.7 Å². The van der Waals surface area contributed by atoms with E-state index in [9.17, 15) is 4.79 Å². The van der Waals surface area contributed by atoms with Gasteiger partial charge in [0.2, 0.25) is 5.95 Å². The summed E-state index contributed by atoms with van der Waals surface area (Å²) in [5.41, 5.74) is 4.08. The van der Waals surface area contributed by atoms with Crippen LogP contribution in [0, 0.1) is 6.92 Å². The second-order valence-corrected chi connectivity index (χ2v) is 6.97. The van der Waals surface area contributed by atoms with Crippen LogP contribution in [0.2, 0.25) is 5.02 Å². The molecule has 6 heteroatoms. The molecule has 1 amide bonds. The molecule has 0 saturated carbocycles. The van der Waals surface area contributed by atoms with E-state index >= 15 is 0 Å². The van der Waals surface area contributed by atoms with Gasteiger partial charge in [-0.3, -0.25) is 4.79 Å². The van der Waals surface area contributed by atoms with Crippen molar-refractivity contribution in [1.29, 1.82) is 0 Å². The number of halogens is 1. The molecule has 2 aromatic carbocycles. The van der Waals surface area contributed by atoms with Crippen LogP contribution in [0.5, 0.6) is 0 Å². The van der Waals surface area contributed by atoms with Gasteiger partial charge in [0.25, 0.3) is 5.91 Å². The summed E-state index contributed by atoms with van der Waals surface area (Å²) in [6.45, 7) is 6.17. The number of aromatic nitrogens is 2. The monoisotopic (exact) mass is 380 g/mol. The Bertz CT molecular complexity index is 937. The Balaban J connectivity index is 1.67. The molecule has 3 rings (SSSR count). The molecule has 138 valence electrons. The van der Waals surface area contributed by atoms with Gasteiger partial charge in [0.15, 0.2) is 0 Å². The van der Waals surface area contributed by atoms with Gasteiger partial charge in [0, 0.05) is 28.8 Å². The predicted molar refractivity (Wildman–Crippen MR) is 110 cm³/mol. The summed E-state index contributed by atoms with van der Waals surface area (Å²) in [6, 6.07) is 13.4. The van der Waals surface area contributed by atoms with Crippen LogP contribution in [0.3, 0.4) is 0 Å². The number of anilines is 3. The Morgan fingerprint density at radius 3 is 2.33 bits per heavy atom. The van der Waals surface area contributed by atoms with E-state index in [1.54, 1.807) is 0 Å². The van der Waals surface area contributed by atoms with Gasteiger partial charge in [-0.15, -0.1) is 0 Å². The summed E-state index contributed by atoms with van der Waals surface area (Å²) < 4.78 is 0. The average molecular weight is 381 g/mol. The van der Waals surface area contributed by atoms with Crippen molar-refractivity contribution in [3.05, 3.63) is 76.6 Å². The first-order chi connectivity index (χ1) is 12.9. The molecular weight excluding hydrogens is 360 g/mol. The molecule has 1 aromatic heterocycles. The zero-order valence-electron chi connectivity index (χ0n) is 15.5. The number of hydrogen-bond donors (Lipinski definition) is 2. The fraction of sp³-hybridized carbons (Fsp3) is 0.190. The van der Waals surface area contributed by atoms with E-state index in [2.05, 4.69) is 34.4 Å². The quantitative estimate of drug-likeness (QED) is 0.608. The SMILES string of the molecule is Cc1c(Cl)cccc1Nc1ncc(C(=O)Nc2ccc(C(C)C)cc2)cn1. The molecule has 27 heavy (non-hydrogen) atoms. The molecule has 0 radical (unpaired) electrons. The van der Waals surface area contributed by atoms with Crippen molar-refractivity contribution in [2.24, 2.45) is 0 Å². The van der Waals surface area contributed by atoms with Gasteiger partial charge < -0.3 is 10.6 Å². The highest BCUT2D eigenvalue weighted by Crippen LogP contribution is 2.24. The molecule has 0 saturated heterocycles. The molecule has 0 aliphatic carbocycles. The van der Waals surface area contributed by atoms with Crippen LogP contribution < -0.4 is 10.6 Å². The van der Waals surface area contributed by atoms with Crippen molar-refractivity contribution < 1.29 is 4.79 Å². The van der Waals surface area contributed by atoms with Crippen LogP contribution in [0.15, 0.2) is 54.9 Å². The molecule has 2 N–H and O–H groups in total. The Morgan fingerprint density at radius 1 is 1.04 bits per heavy atom. The smallest absolute Gasteiger partial charge is 0.258 e. The largest absolute Gasteiger partial charge is 0.324 e. The molecule has 1 heterocycles. The number of carbonyl (C=O) groups excluding carboxylic acids is 1. The molecular formula is C21H21ClN4O. The van der Waals surface area contributed by atoms with Crippen molar-refractivity contribution in [3.8, 4) is 0 Å². The van der Waals surface area contributed by atoms with Gasteiger partial charge in [-0.05, 0) is 48.2 Å². The second-order valence-electron chi connectivity index (χ2n) is 6.56. The van der Waals surface area contributed by atoms with E-state index in [0.29, 0.717) is 22.5 Å². The van der Waals surface area contributed by atoms with E-state index in [0.717, 1.165) is 16.9 Å². The van der Waals surface area contributed by atoms with Crippen LogP contribution in [-0.4, -0.2) is 15.9 Å². The number of nitrogens with one attached hydrogen (secondary N) is 2. The molecule has 0 atom stereocenters. The van der Waals surface area contributed by atoms with Crippen LogP contribution >= 0.6 is 11.6 Å². The van der Waals surface area contributed by atoms with Crippen molar-refractivity contribution >= 4 is 34.8 Å². The fourth-order valence-corrected chi connectivity index (χ4v) is 2.70. The number of benzene rings is 2. The molecule has 0 spiro atoms. The number of hydrogen-bond acceptors (Lipinski definition) is 4. The lowest BCUT2D eigenvalue weighted by Gasteiger charge is -2.10. The molecule has 5 nitrogen and oxygen atoms in total. The first-order valence-corrected chi connectivity index (χ1v) is 9.07. The lowest BCUT2D eigenvalue weighted by atomic mass is 10.0. The Labute approximate surface area is 163 Å². The number of nitrogens with zero attached hydrogens (tertiary/aromatic N) is 2. The highest BCUT2D eigenvalue weighted by molar-refractivity contribution is 6.31. The average Bonchev–Trinajstić information content (AvgIpc) is 2.66. The van der Waals surface area contributed by atoms with Gasteiger partial charge in [-0.25, -0.2) is 9.97 Å². The summed E-state index contributed by atoms with van der Waals surface area (Å²) in [5, 5.41) is 6.63. The van der Waals surface area contributed by atoms with Crippen molar-refractivity contribution in [3.63, 3.8) is 0 Å². The first kappa shape index (κ1) is 18.9. The Kier molecular flexibility index (Phi) is 5.72. The topological polar surface area (TPSA) is 66.9 Å². The summed E-state index contributed by atoms with van der Waals surface area (Å²) in [7, 11) is 0. The first-order valence-electron chi connectivity index (χ1n) is 8.69. The third-order valence-electron chi connectivity index (χ3n) is 4.26. The van der Waals surface area contributed by atoms with E-state index in [4.69, 9.17) is 11.6 Å². The lowest BCUT2D eigenvalue weighted by molar-refractivity contribution is 0.102. The molecule has 0 unspecified atom stereocenters. The van der Waals surface area contributed by atoms with Crippen LogP contribution in [0.4, 0.5) is 17.3 Å². The van der Waals surface area contributed by atoms with Gasteiger partial charge in [0.1, 0.15) is 0 Å². The zero-order chi connectivity index (χ0) is 19.4. The maximum atomic E-state index is 12.4. The highest BCUT2D eigenvalue weighted by Gasteiger charge is 2.09. The van der Waals surface area contributed by atoms with Crippen LogP contribution in [0.1, 0.15) is 41.3 Å². The van der Waals surface area contributed by atoms with E-state index in [-0.39, 0.29) is 5.91 Å². The lowest BCUT2D eigenvalue weighted by Crippen LogP contribution is -2.13. The van der Waals surface area contributed by atoms with Gasteiger partial charge >= 0.3 is 0 Å².